The van der Waals surface area contributed by atoms with Crippen LogP contribution in [0.1, 0.15) is 47.4 Å². The van der Waals surface area contributed by atoms with Gasteiger partial charge in [-0.1, -0.05) is 67.4 Å². The second-order valence-electron chi connectivity index (χ2n) is 6.54. The molecule has 1 aliphatic heterocycles. The van der Waals surface area contributed by atoms with E-state index in [0.29, 0.717) is 17.3 Å². The van der Waals surface area contributed by atoms with Gasteiger partial charge in [0.15, 0.2) is 0 Å². The lowest BCUT2D eigenvalue weighted by atomic mass is 9.96. The van der Waals surface area contributed by atoms with Crippen LogP contribution in [-0.4, -0.2) is 27.5 Å². The van der Waals surface area contributed by atoms with Crippen LogP contribution in [0, 0.1) is 0 Å². The summed E-state index contributed by atoms with van der Waals surface area (Å²) in [6, 6.07) is 17.6. The number of benzene rings is 2. The molecule has 3 aromatic rings. The molecule has 132 valence electrons. The maximum absolute atomic E-state index is 13.0. The highest BCUT2D eigenvalue weighted by Crippen LogP contribution is 2.43. The zero-order chi connectivity index (χ0) is 18.1. The van der Waals surface area contributed by atoms with Crippen LogP contribution in [0.2, 0.25) is 5.02 Å². The van der Waals surface area contributed by atoms with Crippen molar-refractivity contribution in [3.63, 3.8) is 0 Å². The van der Waals surface area contributed by atoms with Gasteiger partial charge >= 0.3 is 0 Å². The normalized spacial score (nSPS) is 16.2. The fourth-order valence-corrected chi connectivity index (χ4v) is 3.79. The van der Waals surface area contributed by atoms with Gasteiger partial charge in [-0.3, -0.25) is 9.89 Å². The van der Waals surface area contributed by atoms with E-state index in [0.717, 1.165) is 35.2 Å². The van der Waals surface area contributed by atoms with Crippen LogP contribution in [0.15, 0.2) is 54.6 Å². The lowest BCUT2D eigenvalue weighted by Crippen LogP contribution is -2.30. The molecule has 0 bridgehead atoms. The molecule has 1 atom stereocenters. The molecule has 0 fully saturated rings. The maximum atomic E-state index is 13.0. The number of carbonyl (C=O) groups excluding carboxylic acids is 1. The van der Waals surface area contributed by atoms with Gasteiger partial charge in [0, 0.05) is 22.7 Å². The van der Waals surface area contributed by atoms with Crippen molar-refractivity contribution in [1.29, 1.82) is 0 Å². The first kappa shape index (κ1) is 16.9. The number of nitrogens with zero attached hydrogens (tertiary/aromatic N) is 2. The molecule has 1 N–H and O–H groups in total. The van der Waals surface area contributed by atoms with Crippen LogP contribution >= 0.6 is 11.6 Å². The molecular weight excluding hydrogens is 346 g/mol. The van der Waals surface area contributed by atoms with Crippen LogP contribution in [0.5, 0.6) is 0 Å². The first-order valence-electron chi connectivity index (χ1n) is 8.90. The van der Waals surface area contributed by atoms with E-state index in [1.807, 2.05) is 59.5 Å². The molecule has 0 spiro atoms. The number of halogens is 1. The van der Waals surface area contributed by atoms with E-state index in [1.54, 1.807) is 0 Å². The van der Waals surface area contributed by atoms with E-state index in [-0.39, 0.29) is 11.9 Å². The minimum Gasteiger partial charge on any atom is -0.326 e. The van der Waals surface area contributed by atoms with E-state index < -0.39 is 0 Å². The second kappa shape index (κ2) is 6.96. The monoisotopic (exact) mass is 365 g/mol. The van der Waals surface area contributed by atoms with E-state index in [2.05, 4.69) is 17.1 Å². The molecule has 1 aromatic heterocycles. The SMILES string of the molecule is CCCCN1C(=O)c2[nH]nc(-c3ccccc3)c2C1c1cccc(Cl)c1. The number of aromatic nitrogens is 2. The van der Waals surface area contributed by atoms with Crippen molar-refractivity contribution in [1.82, 2.24) is 15.1 Å². The molecular formula is C21H20ClN3O. The summed E-state index contributed by atoms with van der Waals surface area (Å²) in [5, 5.41) is 8.12. The Kier molecular flexibility index (Phi) is 4.51. The van der Waals surface area contributed by atoms with Gasteiger partial charge in [0.2, 0.25) is 0 Å². The molecule has 2 heterocycles. The van der Waals surface area contributed by atoms with Crippen molar-refractivity contribution in [2.75, 3.05) is 6.54 Å². The predicted octanol–water partition coefficient (Wildman–Crippen LogP) is 5.08. The van der Waals surface area contributed by atoms with Crippen LogP contribution in [0.4, 0.5) is 0 Å². The Balaban J connectivity index is 1.87. The fraction of sp³-hybridized carbons (Fsp3) is 0.238. The molecule has 1 amide bonds. The molecule has 4 rings (SSSR count). The standard InChI is InChI=1S/C21H20ClN3O/c1-2-3-12-25-20(15-10-7-11-16(22)13-15)17-18(14-8-5-4-6-9-14)23-24-19(17)21(25)26/h4-11,13,20H,2-3,12H2,1H3,(H,23,24). The Hall–Kier alpha value is -2.59. The largest absolute Gasteiger partial charge is 0.326 e. The molecule has 4 nitrogen and oxygen atoms in total. The third kappa shape index (κ3) is 2.80. The smallest absolute Gasteiger partial charge is 0.273 e. The van der Waals surface area contributed by atoms with E-state index in [1.165, 1.54) is 0 Å². The van der Waals surface area contributed by atoms with Crippen LogP contribution in [-0.2, 0) is 0 Å². The molecule has 1 aliphatic rings. The van der Waals surface area contributed by atoms with Crippen LogP contribution < -0.4 is 0 Å². The minimum absolute atomic E-state index is 0.00751. The van der Waals surface area contributed by atoms with Gasteiger partial charge in [-0.25, -0.2) is 0 Å². The summed E-state index contributed by atoms with van der Waals surface area (Å²) in [5.74, 6) is 0.00751. The summed E-state index contributed by atoms with van der Waals surface area (Å²) >= 11 is 6.24. The highest BCUT2D eigenvalue weighted by atomic mass is 35.5. The summed E-state index contributed by atoms with van der Waals surface area (Å²) in [6.45, 7) is 2.84. The Bertz CT molecular complexity index is 935. The number of unbranched alkanes of at least 4 members (excludes halogenated alkanes) is 1. The average Bonchev–Trinajstić information content (AvgIpc) is 3.20. The Morgan fingerprint density at radius 1 is 1.15 bits per heavy atom. The number of hydrogen-bond donors (Lipinski definition) is 1. The van der Waals surface area contributed by atoms with E-state index >= 15 is 0 Å². The van der Waals surface area contributed by atoms with Gasteiger partial charge < -0.3 is 4.90 Å². The highest BCUT2D eigenvalue weighted by molar-refractivity contribution is 6.30. The Morgan fingerprint density at radius 2 is 1.96 bits per heavy atom. The summed E-state index contributed by atoms with van der Waals surface area (Å²) in [6.07, 6.45) is 1.99. The third-order valence-corrected chi connectivity index (χ3v) is 5.06. The third-order valence-electron chi connectivity index (χ3n) is 4.83. The first-order valence-corrected chi connectivity index (χ1v) is 9.28. The molecule has 26 heavy (non-hydrogen) atoms. The maximum Gasteiger partial charge on any atom is 0.273 e. The molecule has 2 aromatic carbocycles. The van der Waals surface area contributed by atoms with Gasteiger partial charge in [0.25, 0.3) is 5.91 Å². The lowest BCUT2D eigenvalue weighted by molar-refractivity contribution is 0.0741. The van der Waals surface area contributed by atoms with Crippen molar-refractivity contribution in [2.24, 2.45) is 0 Å². The topological polar surface area (TPSA) is 49.0 Å². The zero-order valence-corrected chi connectivity index (χ0v) is 15.3. The molecule has 1 unspecified atom stereocenters. The Morgan fingerprint density at radius 3 is 2.69 bits per heavy atom. The summed E-state index contributed by atoms with van der Waals surface area (Å²) < 4.78 is 0. The zero-order valence-electron chi connectivity index (χ0n) is 14.6. The van der Waals surface area contributed by atoms with Gasteiger partial charge in [0.1, 0.15) is 5.69 Å². The predicted molar refractivity (Wildman–Crippen MR) is 103 cm³/mol. The highest BCUT2D eigenvalue weighted by Gasteiger charge is 2.41. The van der Waals surface area contributed by atoms with Gasteiger partial charge in [-0.15, -0.1) is 0 Å². The van der Waals surface area contributed by atoms with E-state index in [4.69, 9.17) is 11.6 Å². The van der Waals surface area contributed by atoms with Gasteiger partial charge in [0.05, 0.1) is 11.7 Å². The van der Waals surface area contributed by atoms with E-state index in [9.17, 15) is 4.79 Å². The van der Waals surface area contributed by atoms with Crippen molar-refractivity contribution in [3.8, 4) is 11.3 Å². The first-order chi connectivity index (χ1) is 12.7. The van der Waals surface area contributed by atoms with Gasteiger partial charge in [-0.05, 0) is 24.1 Å². The number of hydrogen-bond acceptors (Lipinski definition) is 2. The number of aromatic amines is 1. The van der Waals surface area contributed by atoms with Crippen molar-refractivity contribution < 1.29 is 4.79 Å². The molecule has 0 aliphatic carbocycles. The quantitative estimate of drug-likeness (QED) is 0.685. The number of rotatable bonds is 5. The molecule has 0 radical (unpaired) electrons. The summed E-state index contributed by atoms with van der Waals surface area (Å²) in [7, 11) is 0. The lowest BCUT2D eigenvalue weighted by Gasteiger charge is -2.26. The number of nitrogens with one attached hydrogen (secondary N) is 1. The average molecular weight is 366 g/mol. The molecule has 0 saturated carbocycles. The number of fused-ring (bicyclic) bond motifs is 1. The molecule has 0 saturated heterocycles. The Labute approximate surface area is 157 Å². The van der Waals surface area contributed by atoms with Crippen molar-refractivity contribution in [2.45, 2.75) is 25.8 Å². The fourth-order valence-electron chi connectivity index (χ4n) is 3.60. The van der Waals surface area contributed by atoms with Gasteiger partial charge in [-0.2, -0.15) is 5.10 Å². The number of amides is 1. The summed E-state index contributed by atoms with van der Waals surface area (Å²) in [5.41, 5.74) is 4.38. The molecule has 5 heteroatoms. The minimum atomic E-state index is -0.170. The number of H-pyrrole nitrogens is 1. The number of carbonyl (C=O) groups is 1. The van der Waals surface area contributed by atoms with Crippen LogP contribution in [0.25, 0.3) is 11.3 Å². The second-order valence-corrected chi connectivity index (χ2v) is 6.97. The van der Waals surface area contributed by atoms with Crippen molar-refractivity contribution in [3.05, 3.63) is 76.4 Å². The van der Waals surface area contributed by atoms with Crippen molar-refractivity contribution >= 4 is 17.5 Å². The summed E-state index contributed by atoms with van der Waals surface area (Å²) in [4.78, 5) is 15.0. The van der Waals surface area contributed by atoms with Crippen LogP contribution in [0.3, 0.4) is 0 Å².